The van der Waals surface area contributed by atoms with Crippen molar-refractivity contribution < 1.29 is 5.11 Å². The molecule has 1 heterocycles. The van der Waals surface area contributed by atoms with Crippen LogP contribution in [0.2, 0.25) is 0 Å². The van der Waals surface area contributed by atoms with Gasteiger partial charge in [-0.3, -0.25) is 4.68 Å². The fourth-order valence-corrected chi connectivity index (χ4v) is 3.44. The van der Waals surface area contributed by atoms with Crippen LogP contribution in [0.25, 0.3) is 0 Å². The Hall–Kier alpha value is -0.830. The maximum atomic E-state index is 10.9. The van der Waals surface area contributed by atoms with E-state index in [4.69, 9.17) is 0 Å². The lowest BCUT2D eigenvalue weighted by atomic mass is 9.67. The van der Waals surface area contributed by atoms with Crippen LogP contribution in [0.15, 0.2) is 6.07 Å². The van der Waals surface area contributed by atoms with Gasteiger partial charge in [-0.25, -0.2) is 0 Å². The Balaban J connectivity index is 2.01. The summed E-state index contributed by atoms with van der Waals surface area (Å²) in [6, 6.07) is 2.15. The van der Waals surface area contributed by atoms with Gasteiger partial charge in [0.1, 0.15) is 0 Å². The average molecular weight is 278 g/mol. The van der Waals surface area contributed by atoms with Crippen LogP contribution in [0.1, 0.15) is 64.8 Å². The smallest absolute Gasteiger partial charge is 0.0703 e. The summed E-state index contributed by atoms with van der Waals surface area (Å²) in [6.07, 6.45) is 5.81. The first kappa shape index (κ1) is 15.6. The molecule has 2 rings (SSSR count). The molecule has 20 heavy (non-hydrogen) atoms. The van der Waals surface area contributed by atoms with Crippen molar-refractivity contribution in [3.8, 4) is 0 Å². The molecule has 0 radical (unpaired) electrons. The van der Waals surface area contributed by atoms with Crippen molar-refractivity contribution >= 4 is 0 Å². The van der Waals surface area contributed by atoms with Crippen LogP contribution in [-0.4, -0.2) is 20.5 Å². The summed E-state index contributed by atoms with van der Waals surface area (Å²) >= 11 is 0. The van der Waals surface area contributed by atoms with Crippen LogP contribution in [0, 0.1) is 11.3 Å². The second-order valence-electron chi connectivity index (χ2n) is 7.65. The van der Waals surface area contributed by atoms with Crippen LogP contribution < -0.4 is 0 Å². The van der Waals surface area contributed by atoms with Crippen molar-refractivity contribution in [2.24, 2.45) is 18.4 Å². The van der Waals surface area contributed by atoms with Gasteiger partial charge in [-0.05, 0) is 49.5 Å². The van der Waals surface area contributed by atoms with E-state index >= 15 is 0 Å². The zero-order valence-electron chi connectivity index (χ0n) is 13.7. The molecule has 0 aliphatic heterocycles. The molecular formula is C17H30N2O. The molecule has 1 aromatic rings. The van der Waals surface area contributed by atoms with E-state index in [2.05, 4.69) is 38.9 Å². The quantitative estimate of drug-likeness (QED) is 0.919. The fraction of sp³-hybridized carbons (Fsp3) is 0.824. The van der Waals surface area contributed by atoms with Crippen LogP contribution in [-0.2, 0) is 19.9 Å². The van der Waals surface area contributed by atoms with Crippen LogP contribution >= 0.6 is 0 Å². The summed E-state index contributed by atoms with van der Waals surface area (Å²) in [5.74, 6) is 0.737. The number of aliphatic hydroxyl groups is 1. The Morgan fingerprint density at radius 3 is 2.40 bits per heavy atom. The van der Waals surface area contributed by atoms with Gasteiger partial charge in [0.05, 0.1) is 11.3 Å². The summed E-state index contributed by atoms with van der Waals surface area (Å²) in [4.78, 5) is 0. The van der Waals surface area contributed by atoms with Crippen molar-refractivity contribution in [1.29, 1.82) is 0 Å². The lowest BCUT2D eigenvalue weighted by molar-refractivity contribution is -0.0257. The number of rotatable bonds is 3. The highest BCUT2D eigenvalue weighted by molar-refractivity contribution is 5.13. The van der Waals surface area contributed by atoms with Gasteiger partial charge in [-0.15, -0.1) is 0 Å². The third kappa shape index (κ3) is 3.43. The third-order valence-electron chi connectivity index (χ3n) is 5.04. The van der Waals surface area contributed by atoms with Gasteiger partial charge in [0.2, 0.25) is 0 Å². The number of aryl methyl sites for hydroxylation is 2. The molecule has 0 aromatic carbocycles. The van der Waals surface area contributed by atoms with E-state index in [0.717, 1.165) is 50.1 Å². The second kappa shape index (κ2) is 5.51. The SMILES string of the molecule is CCc1cc(CC2(O)CCC(C(C)(C)C)CC2)n(C)n1. The molecule has 0 spiro atoms. The molecule has 0 unspecified atom stereocenters. The number of aromatic nitrogens is 2. The van der Waals surface area contributed by atoms with Gasteiger partial charge in [0.15, 0.2) is 0 Å². The summed E-state index contributed by atoms with van der Waals surface area (Å²) in [7, 11) is 1.98. The molecule has 1 aromatic heterocycles. The van der Waals surface area contributed by atoms with Gasteiger partial charge >= 0.3 is 0 Å². The standard InChI is InChI=1S/C17H30N2O/c1-6-14-11-15(19(5)18-14)12-17(20)9-7-13(8-10-17)16(2,3)4/h11,13,20H,6-10,12H2,1-5H3. The van der Waals surface area contributed by atoms with E-state index in [0.29, 0.717) is 5.41 Å². The monoisotopic (exact) mass is 278 g/mol. The van der Waals surface area contributed by atoms with Gasteiger partial charge in [-0.2, -0.15) is 5.10 Å². The highest BCUT2D eigenvalue weighted by Crippen LogP contribution is 2.42. The Morgan fingerprint density at radius 2 is 1.95 bits per heavy atom. The Morgan fingerprint density at radius 1 is 1.35 bits per heavy atom. The van der Waals surface area contributed by atoms with E-state index in [1.165, 1.54) is 5.69 Å². The average Bonchev–Trinajstić information content (AvgIpc) is 2.69. The minimum atomic E-state index is -0.527. The molecule has 3 nitrogen and oxygen atoms in total. The van der Waals surface area contributed by atoms with E-state index < -0.39 is 5.60 Å². The zero-order chi connectivity index (χ0) is 15.0. The van der Waals surface area contributed by atoms with Gasteiger partial charge in [-0.1, -0.05) is 27.7 Å². The molecule has 1 N–H and O–H groups in total. The Kier molecular flexibility index (Phi) is 4.29. The number of hydrogen-bond donors (Lipinski definition) is 1. The largest absolute Gasteiger partial charge is 0.389 e. The molecule has 114 valence electrons. The van der Waals surface area contributed by atoms with Gasteiger partial charge in [0, 0.05) is 19.2 Å². The van der Waals surface area contributed by atoms with Crippen molar-refractivity contribution in [3.05, 3.63) is 17.5 Å². The van der Waals surface area contributed by atoms with Crippen LogP contribution in [0.5, 0.6) is 0 Å². The predicted octanol–water partition coefficient (Wildman–Crippen LogP) is 3.49. The van der Waals surface area contributed by atoms with Crippen molar-refractivity contribution in [1.82, 2.24) is 9.78 Å². The first-order valence-electron chi connectivity index (χ1n) is 7.98. The molecule has 1 saturated carbocycles. The zero-order valence-corrected chi connectivity index (χ0v) is 13.7. The van der Waals surface area contributed by atoms with Crippen LogP contribution in [0.3, 0.4) is 0 Å². The molecule has 0 amide bonds. The molecule has 1 fully saturated rings. The summed E-state index contributed by atoms with van der Waals surface area (Å²) in [5.41, 5.74) is 2.12. The maximum Gasteiger partial charge on any atom is 0.0703 e. The van der Waals surface area contributed by atoms with E-state index in [1.54, 1.807) is 0 Å². The highest BCUT2D eigenvalue weighted by Gasteiger charge is 2.37. The molecule has 0 bridgehead atoms. The molecular weight excluding hydrogens is 248 g/mol. The van der Waals surface area contributed by atoms with Crippen molar-refractivity contribution in [2.45, 2.75) is 71.8 Å². The van der Waals surface area contributed by atoms with Crippen molar-refractivity contribution in [2.75, 3.05) is 0 Å². The number of hydrogen-bond acceptors (Lipinski definition) is 2. The second-order valence-corrected chi connectivity index (χ2v) is 7.65. The van der Waals surface area contributed by atoms with E-state index in [9.17, 15) is 5.11 Å². The first-order chi connectivity index (χ1) is 9.23. The molecule has 3 heteroatoms. The van der Waals surface area contributed by atoms with Crippen LogP contribution in [0.4, 0.5) is 0 Å². The first-order valence-corrected chi connectivity index (χ1v) is 7.98. The van der Waals surface area contributed by atoms with Gasteiger partial charge in [0.25, 0.3) is 0 Å². The fourth-order valence-electron chi connectivity index (χ4n) is 3.44. The lowest BCUT2D eigenvalue weighted by Gasteiger charge is -2.41. The minimum Gasteiger partial charge on any atom is -0.389 e. The number of nitrogens with zero attached hydrogens (tertiary/aromatic N) is 2. The van der Waals surface area contributed by atoms with Crippen molar-refractivity contribution in [3.63, 3.8) is 0 Å². The summed E-state index contributed by atoms with van der Waals surface area (Å²) in [6.45, 7) is 9.07. The lowest BCUT2D eigenvalue weighted by Crippen LogP contribution is -2.39. The predicted molar refractivity (Wildman–Crippen MR) is 82.7 cm³/mol. The molecule has 0 atom stereocenters. The summed E-state index contributed by atoms with van der Waals surface area (Å²) < 4.78 is 1.94. The molecule has 1 aliphatic carbocycles. The molecule has 1 aliphatic rings. The Bertz CT molecular complexity index is 448. The highest BCUT2D eigenvalue weighted by atomic mass is 16.3. The van der Waals surface area contributed by atoms with E-state index in [1.807, 2.05) is 11.7 Å². The minimum absolute atomic E-state index is 0.364. The Labute approximate surface area is 123 Å². The normalized spacial score (nSPS) is 27.8. The van der Waals surface area contributed by atoms with E-state index in [-0.39, 0.29) is 0 Å². The van der Waals surface area contributed by atoms with Gasteiger partial charge < -0.3 is 5.11 Å². The summed E-state index contributed by atoms with van der Waals surface area (Å²) in [5, 5.41) is 15.4. The topological polar surface area (TPSA) is 38.0 Å². The third-order valence-corrected chi connectivity index (χ3v) is 5.04. The molecule has 0 saturated heterocycles. The maximum absolute atomic E-state index is 10.9.